The standard InChI is InChI=1S/C13H19N7O5S/c1-7(14)13(21)19-26(22,23)24-4-8-2-3-9(25-8)20-6-18-10-11(15)16-5-17-12(10)20/h5-9H,2-4,14H2,1H3,(H,19,21)(H2,15,16,17)/t7-,8-,9+/m0/s1. The van der Waals surface area contributed by atoms with Gasteiger partial charge in [0.05, 0.1) is 25.1 Å². The van der Waals surface area contributed by atoms with E-state index in [1.807, 2.05) is 0 Å². The molecule has 1 amide bonds. The number of rotatable bonds is 6. The van der Waals surface area contributed by atoms with E-state index in [1.54, 1.807) is 15.6 Å². The van der Waals surface area contributed by atoms with E-state index in [0.717, 1.165) is 0 Å². The Hall–Kier alpha value is -2.35. The predicted octanol–water partition coefficient (Wildman–Crippen LogP) is -1.19. The van der Waals surface area contributed by atoms with Crippen LogP contribution in [0.4, 0.5) is 5.82 Å². The van der Waals surface area contributed by atoms with E-state index < -0.39 is 28.4 Å². The third-order valence-corrected chi connectivity index (χ3v) is 4.73. The molecule has 0 unspecified atom stereocenters. The quantitative estimate of drug-likeness (QED) is 0.547. The number of nitrogens with one attached hydrogen (secondary N) is 1. The van der Waals surface area contributed by atoms with Gasteiger partial charge in [-0.25, -0.2) is 19.7 Å². The van der Waals surface area contributed by atoms with Crippen LogP contribution in [0.3, 0.4) is 0 Å². The lowest BCUT2D eigenvalue weighted by atomic mass is 10.2. The van der Waals surface area contributed by atoms with Crippen molar-refractivity contribution < 1.29 is 22.1 Å². The number of hydrogen-bond acceptors (Lipinski definition) is 10. The van der Waals surface area contributed by atoms with Crippen LogP contribution in [-0.2, 0) is 24.0 Å². The van der Waals surface area contributed by atoms with Crippen LogP contribution >= 0.6 is 0 Å². The van der Waals surface area contributed by atoms with Crippen molar-refractivity contribution in [3.8, 4) is 0 Å². The normalized spacial score (nSPS) is 21.8. The first-order valence-corrected chi connectivity index (χ1v) is 9.22. The fourth-order valence-corrected chi connectivity index (χ4v) is 3.33. The number of nitrogen functional groups attached to an aromatic ring is 1. The SMILES string of the molecule is C[C@H](N)C(=O)NS(=O)(=O)OC[C@@H]1CC[C@H](n2cnc3c(N)ncnc32)O1. The van der Waals surface area contributed by atoms with E-state index in [4.69, 9.17) is 20.4 Å². The summed E-state index contributed by atoms with van der Waals surface area (Å²) in [6.45, 7) is 1.13. The first-order valence-electron chi connectivity index (χ1n) is 7.82. The second kappa shape index (κ2) is 7.11. The number of nitrogens with zero attached hydrogens (tertiary/aromatic N) is 4. The summed E-state index contributed by atoms with van der Waals surface area (Å²) >= 11 is 0. The van der Waals surface area contributed by atoms with E-state index in [0.29, 0.717) is 24.0 Å². The maximum Gasteiger partial charge on any atom is 0.362 e. The summed E-state index contributed by atoms with van der Waals surface area (Å²) in [6, 6.07) is -0.968. The van der Waals surface area contributed by atoms with Crippen molar-refractivity contribution >= 4 is 33.2 Å². The third kappa shape index (κ3) is 3.90. The van der Waals surface area contributed by atoms with Crippen molar-refractivity contribution in [3.05, 3.63) is 12.7 Å². The summed E-state index contributed by atoms with van der Waals surface area (Å²) in [5.74, 6) is -0.583. The summed E-state index contributed by atoms with van der Waals surface area (Å²) in [5.41, 5.74) is 12.1. The Labute approximate surface area is 149 Å². The van der Waals surface area contributed by atoms with Crippen LogP contribution in [0.1, 0.15) is 26.0 Å². The highest BCUT2D eigenvalue weighted by molar-refractivity contribution is 7.85. The molecule has 1 fully saturated rings. The van der Waals surface area contributed by atoms with Gasteiger partial charge in [-0.05, 0) is 19.8 Å². The Balaban J connectivity index is 1.60. The maximum atomic E-state index is 11.7. The molecule has 1 saturated heterocycles. The minimum atomic E-state index is -4.24. The Morgan fingerprint density at radius 3 is 2.96 bits per heavy atom. The molecule has 0 saturated carbocycles. The second-order valence-electron chi connectivity index (χ2n) is 5.87. The number of hydrogen-bond donors (Lipinski definition) is 3. The number of carbonyl (C=O) groups excluding carboxylic acids is 1. The fourth-order valence-electron chi connectivity index (χ4n) is 2.51. The number of anilines is 1. The molecular weight excluding hydrogens is 366 g/mol. The molecule has 3 atom stereocenters. The van der Waals surface area contributed by atoms with Crippen molar-refractivity contribution in [3.63, 3.8) is 0 Å². The zero-order chi connectivity index (χ0) is 18.9. The monoisotopic (exact) mass is 385 g/mol. The largest absolute Gasteiger partial charge is 0.382 e. The van der Waals surface area contributed by atoms with E-state index in [9.17, 15) is 13.2 Å². The van der Waals surface area contributed by atoms with Crippen molar-refractivity contribution in [2.24, 2.45) is 5.73 Å². The van der Waals surface area contributed by atoms with Gasteiger partial charge < -0.3 is 16.2 Å². The van der Waals surface area contributed by atoms with E-state index in [2.05, 4.69) is 15.0 Å². The van der Waals surface area contributed by atoms with Crippen LogP contribution in [-0.4, -0.2) is 52.6 Å². The van der Waals surface area contributed by atoms with Gasteiger partial charge in [-0.1, -0.05) is 0 Å². The zero-order valence-corrected chi connectivity index (χ0v) is 14.7. The molecule has 3 rings (SSSR count). The van der Waals surface area contributed by atoms with Crippen molar-refractivity contribution in [2.45, 2.75) is 38.1 Å². The molecule has 12 nitrogen and oxygen atoms in total. The molecule has 142 valence electrons. The highest BCUT2D eigenvalue weighted by atomic mass is 32.2. The lowest BCUT2D eigenvalue weighted by Gasteiger charge is -2.15. The Morgan fingerprint density at radius 2 is 2.23 bits per heavy atom. The van der Waals surface area contributed by atoms with Gasteiger partial charge in [0.15, 0.2) is 11.5 Å². The molecule has 2 aromatic rings. The number of nitrogens with two attached hydrogens (primary N) is 2. The molecule has 0 radical (unpaired) electrons. The van der Waals surface area contributed by atoms with E-state index >= 15 is 0 Å². The fraction of sp³-hybridized carbons (Fsp3) is 0.538. The highest BCUT2D eigenvalue weighted by Crippen LogP contribution is 2.31. The van der Waals surface area contributed by atoms with Crippen LogP contribution in [0.5, 0.6) is 0 Å². The molecule has 0 aliphatic carbocycles. The maximum absolute atomic E-state index is 11.7. The predicted molar refractivity (Wildman–Crippen MR) is 89.5 cm³/mol. The summed E-state index contributed by atoms with van der Waals surface area (Å²) in [5, 5.41) is 0. The Bertz CT molecular complexity index is 913. The average Bonchev–Trinajstić information content (AvgIpc) is 3.19. The lowest BCUT2D eigenvalue weighted by molar-refractivity contribution is -0.120. The minimum absolute atomic E-state index is 0.234. The molecule has 0 spiro atoms. The number of carbonyl (C=O) groups is 1. The van der Waals surface area contributed by atoms with Crippen LogP contribution in [0.2, 0.25) is 0 Å². The van der Waals surface area contributed by atoms with Crippen LogP contribution in [0.25, 0.3) is 11.2 Å². The van der Waals surface area contributed by atoms with Crippen molar-refractivity contribution in [1.29, 1.82) is 0 Å². The van der Waals surface area contributed by atoms with Crippen LogP contribution < -0.4 is 16.2 Å². The second-order valence-corrected chi connectivity index (χ2v) is 7.21. The van der Waals surface area contributed by atoms with Gasteiger partial charge in [0.25, 0.3) is 5.91 Å². The first kappa shape index (κ1) is 18.4. The van der Waals surface area contributed by atoms with Crippen LogP contribution in [0, 0.1) is 0 Å². The lowest BCUT2D eigenvalue weighted by Crippen LogP contribution is -2.42. The van der Waals surface area contributed by atoms with Gasteiger partial charge in [0.2, 0.25) is 0 Å². The van der Waals surface area contributed by atoms with Gasteiger partial charge >= 0.3 is 10.3 Å². The number of ether oxygens (including phenoxy) is 1. The van der Waals surface area contributed by atoms with E-state index in [-0.39, 0.29) is 18.7 Å². The molecule has 0 bridgehead atoms. The number of imidazole rings is 1. The van der Waals surface area contributed by atoms with Gasteiger partial charge in [0.1, 0.15) is 18.1 Å². The zero-order valence-electron chi connectivity index (χ0n) is 13.9. The summed E-state index contributed by atoms with van der Waals surface area (Å²) in [7, 11) is -4.24. The molecule has 2 aromatic heterocycles. The molecule has 3 heterocycles. The van der Waals surface area contributed by atoms with Gasteiger partial charge in [0, 0.05) is 0 Å². The van der Waals surface area contributed by atoms with Gasteiger partial charge in [-0.2, -0.15) is 8.42 Å². The van der Waals surface area contributed by atoms with E-state index in [1.165, 1.54) is 13.3 Å². The van der Waals surface area contributed by atoms with Crippen molar-refractivity contribution in [1.82, 2.24) is 24.2 Å². The number of aromatic nitrogens is 4. The Morgan fingerprint density at radius 1 is 1.46 bits per heavy atom. The summed E-state index contributed by atoms with van der Waals surface area (Å²) in [6.07, 6.45) is 3.18. The number of amides is 1. The molecule has 1 aliphatic rings. The molecular formula is C13H19N7O5S. The smallest absolute Gasteiger partial charge is 0.362 e. The topological polar surface area (TPSA) is 177 Å². The molecule has 1 aliphatic heterocycles. The average molecular weight is 385 g/mol. The van der Waals surface area contributed by atoms with Crippen molar-refractivity contribution in [2.75, 3.05) is 12.3 Å². The highest BCUT2D eigenvalue weighted by Gasteiger charge is 2.30. The Kier molecular flexibility index (Phi) is 5.04. The summed E-state index contributed by atoms with van der Waals surface area (Å²) < 4.78 is 37.5. The van der Waals surface area contributed by atoms with Gasteiger partial charge in [-0.3, -0.25) is 13.5 Å². The van der Waals surface area contributed by atoms with Gasteiger partial charge in [-0.15, -0.1) is 0 Å². The molecule has 13 heteroatoms. The summed E-state index contributed by atoms with van der Waals surface area (Å²) in [4.78, 5) is 23.5. The molecule has 26 heavy (non-hydrogen) atoms. The van der Waals surface area contributed by atoms with Crippen LogP contribution in [0.15, 0.2) is 12.7 Å². The molecule has 5 N–H and O–H groups in total. The minimum Gasteiger partial charge on any atom is -0.382 e. The first-order chi connectivity index (χ1) is 12.3. The third-order valence-electron chi connectivity index (χ3n) is 3.83. The molecule has 0 aromatic carbocycles. The number of fused-ring (bicyclic) bond motifs is 1.